The van der Waals surface area contributed by atoms with Crippen LogP contribution in [0.1, 0.15) is 32.4 Å². The van der Waals surface area contributed by atoms with Gasteiger partial charge in [0.05, 0.1) is 6.61 Å². The molecule has 0 spiro atoms. The first-order chi connectivity index (χ1) is 8.27. The highest BCUT2D eigenvalue weighted by Crippen LogP contribution is 2.17. The van der Waals surface area contributed by atoms with Gasteiger partial charge in [-0.1, -0.05) is 26.0 Å². The molecule has 96 valence electrons. The molecule has 0 saturated carbocycles. The molecule has 0 fully saturated rings. The molecule has 3 heteroatoms. The Bertz CT molecular complexity index is 300. The summed E-state index contributed by atoms with van der Waals surface area (Å²) >= 11 is 1.91. The highest BCUT2D eigenvalue weighted by Gasteiger charge is 2.03. The second kappa shape index (κ2) is 8.43. The van der Waals surface area contributed by atoms with Crippen LogP contribution in [0, 0.1) is 0 Å². The van der Waals surface area contributed by atoms with Crippen molar-refractivity contribution in [2.45, 2.75) is 26.8 Å². The van der Waals surface area contributed by atoms with Crippen molar-refractivity contribution < 1.29 is 4.74 Å². The van der Waals surface area contributed by atoms with Crippen LogP contribution in [-0.4, -0.2) is 24.7 Å². The number of hydrogen-bond donors (Lipinski definition) is 1. The minimum atomic E-state index is 0.407. The maximum atomic E-state index is 5.66. The van der Waals surface area contributed by atoms with Crippen LogP contribution in [0.25, 0.3) is 0 Å². The number of nitrogens with one attached hydrogen (secondary N) is 1. The molecule has 0 aliphatic rings. The van der Waals surface area contributed by atoms with Crippen LogP contribution in [0.5, 0.6) is 5.75 Å². The lowest BCUT2D eigenvalue weighted by molar-refractivity contribution is 0.344. The molecule has 2 nitrogen and oxygen atoms in total. The van der Waals surface area contributed by atoms with E-state index in [2.05, 4.69) is 50.4 Å². The molecule has 0 radical (unpaired) electrons. The van der Waals surface area contributed by atoms with Gasteiger partial charge in [-0.2, -0.15) is 11.8 Å². The molecule has 1 aromatic rings. The summed E-state index contributed by atoms with van der Waals surface area (Å²) in [5.74, 6) is 3.18. The van der Waals surface area contributed by atoms with Crippen molar-refractivity contribution in [1.82, 2.24) is 5.32 Å². The molecule has 0 aromatic heterocycles. The Morgan fingerprint density at radius 3 is 2.53 bits per heavy atom. The van der Waals surface area contributed by atoms with Crippen molar-refractivity contribution in [3.05, 3.63) is 29.8 Å². The average molecular weight is 253 g/mol. The molecule has 1 N–H and O–H groups in total. The highest BCUT2D eigenvalue weighted by molar-refractivity contribution is 7.99. The molecule has 0 saturated heterocycles. The lowest BCUT2D eigenvalue weighted by Gasteiger charge is -2.13. The van der Waals surface area contributed by atoms with E-state index in [4.69, 9.17) is 4.74 Å². The average Bonchev–Trinajstić information content (AvgIpc) is 2.36. The summed E-state index contributed by atoms with van der Waals surface area (Å²) in [4.78, 5) is 0. The summed E-state index contributed by atoms with van der Waals surface area (Å²) in [6.45, 7) is 8.26. The lowest BCUT2D eigenvalue weighted by Crippen LogP contribution is -2.17. The molecule has 1 rings (SSSR count). The van der Waals surface area contributed by atoms with E-state index in [0.717, 1.165) is 30.4 Å². The Labute approximate surface area is 109 Å². The van der Waals surface area contributed by atoms with E-state index < -0.39 is 0 Å². The number of thioether (sulfide) groups is 1. The van der Waals surface area contributed by atoms with Gasteiger partial charge >= 0.3 is 0 Å². The standard InChI is InChI=1S/C14H23NOS/c1-4-15-12(3)13-6-8-14(9-7-13)16-10-11-17-5-2/h6-9,12,15H,4-5,10-11H2,1-3H3. The van der Waals surface area contributed by atoms with E-state index in [-0.39, 0.29) is 0 Å². The quantitative estimate of drug-likeness (QED) is 0.717. The van der Waals surface area contributed by atoms with E-state index in [0.29, 0.717) is 6.04 Å². The van der Waals surface area contributed by atoms with Crippen LogP contribution in [0.15, 0.2) is 24.3 Å². The molecule has 0 aliphatic heterocycles. The molecule has 0 bridgehead atoms. The summed E-state index contributed by atoms with van der Waals surface area (Å²) in [5, 5.41) is 3.40. The second-order valence-electron chi connectivity index (χ2n) is 3.89. The molecule has 1 unspecified atom stereocenters. The SMILES string of the molecule is CCNC(C)c1ccc(OCCSCC)cc1. The predicted octanol–water partition coefficient (Wildman–Crippen LogP) is 3.49. The number of rotatable bonds is 8. The minimum absolute atomic E-state index is 0.407. The predicted molar refractivity (Wildman–Crippen MR) is 77.0 cm³/mol. The Morgan fingerprint density at radius 1 is 1.24 bits per heavy atom. The van der Waals surface area contributed by atoms with Crippen molar-refractivity contribution in [3.63, 3.8) is 0 Å². The normalized spacial score (nSPS) is 12.4. The minimum Gasteiger partial charge on any atom is -0.493 e. The Hall–Kier alpha value is -0.670. The Kier molecular flexibility index (Phi) is 7.13. The first-order valence-corrected chi connectivity index (χ1v) is 7.47. The topological polar surface area (TPSA) is 21.3 Å². The first-order valence-electron chi connectivity index (χ1n) is 6.31. The molecular formula is C14H23NOS. The van der Waals surface area contributed by atoms with Crippen molar-refractivity contribution in [2.24, 2.45) is 0 Å². The highest BCUT2D eigenvalue weighted by atomic mass is 32.2. The second-order valence-corrected chi connectivity index (χ2v) is 5.29. The van der Waals surface area contributed by atoms with Crippen LogP contribution in [0.2, 0.25) is 0 Å². The number of ether oxygens (including phenoxy) is 1. The Morgan fingerprint density at radius 2 is 1.94 bits per heavy atom. The smallest absolute Gasteiger partial charge is 0.119 e. The lowest BCUT2D eigenvalue weighted by atomic mass is 10.1. The summed E-state index contributed by atoms with van der Waals surface area (Å²) in [5.41, 5.74) is 1.31. The van der Waals surface area contributed by atoms with Crippen molar-refractivity contribution >= 4 is 11.8 Å². The Balaban J connectivity index is 2.39. The maximum absolute atomic E-state index is 5.66. The van der Waals surface area contributed by atoms with Gasteiger partial charge in [-0.05, 0) is 36.9 Å². The molecule has 0 amide bonds. The van der Waals surface area contributed by atoms with Gasteiger partial charge in [0.2, 0.25) is 0 Å². The van der Waals surface area contributed by atoms with Gasteiger partial charge < -0.3 is 10.1 Å². The van der Waals surface area contributed by atoms with Crippen molar-refractivity contribution in [3.8, 4) is 5.75 Å². The first kappa shape index (κ1) is 14.4. The third-order valence-corrected chi connectivity index (χ3v) is 3.45. The zero-order chi connectivity index (χ0) is 12.5. The van der Waals surface area contributed by atoms with Gasteiger partial charge in [0.25, 0.3) is 0 Å². The zero-order valence-electron chi connectivity index (χ0n) is 11.0. The van der Waals surface area contributed by atoms with Crippen molar-refractivity contribution in [1.29, 1.82) is 0 Å². The largest absolute Gasteiger partial charge is 0.493 e. The fraction of sp³-hybridized carbons (Fsp3) is 0.571. The van der Waals surface area contributed by atoms with E-state index in [1.54, 1.807) is 0 Å². The zero-order valence-corrected chi connectivity index (χ0v) is 11.8. The third-order valence-electron chi connectivity index (χ3n) is 2.59. The summed E-state index contributed by atoms with van der Waals surface area (Å²) in [6, 6.07) is 8.79. The van der Waals surface area contributed by atoms with Gasteiger partial charge in [-0.25, -0.2) is 0 Å². The molecule has 1 aromatic carbocycles. The van der Waals surface area contributed by atoms with Crippen LogP contribution < -0.4 is 10.1 Å². The summed E-state index contributed by atoms with van der Waals surface area (Å²) in [7, 11) is 0. The number of benzene rings is 1. The monoisotopic (exact) mass is 253 g/mol. The molecule has 0 heterocycles. The number of hydrogen-bond acceptors (Lipinski definition) is 3. The molecule has 1 atom stereocenters. The van der Waals surface area contributed by atoms with Gasteiger partial charge in [0, 0.05) is 11.8 Å². The molecule has 0 aliphatic carbocycles. The summed E-state index contributed by atoms with van der Waals surface area (Å²) in [6.07, 6.45) is 0. The van der Waals surface area contributed by atoms with E-state index >= 15 is 0 Å². The van der Waals surface area contributed by atoms with E-state index in [1.807, 2.05) is 11.8 Å². The van der Waals surface area contributed by atoms with Crippen molar-refractivity contribution in [2.75, 3.05) is 24.7 Å². The van der Waals surface area contributed by atoms with E-state index in [9.17, 15) is 0 Å². The van der Waals surface area contributed by atoms with Gasteiger partial charge in [-0.3, -0.25) is 0 Å². The fourth-order valence-electron chi connectivity index (χ4n) is 1.64. The van der Waals surface area contributed by atoms with Crippen LogP contribution in [0.4, 0.5) is 0 Å². The third kappa shape index (κ3) is 5.46. The van der Waals surface area contributed by atoms with Gasteiger partial charge in [0.1, 0.15) is 5.75 Å². The van der Waals surface area contributed by atoms with E-state index in [1.165, 1.54) is 5.56 Å². The molecular weight excluding hydrogens is 230 g/mol. The van der Waals surface area contributed by atoms with Crippen LogP contribution in [-0.2, 0) is 0 Å². The maximum Gasteiger partial charge on any atom is 0.119 e. The van der Waals surface area contributed by atoms with Gasteiger partial charge in [0.15, 0.2) is 0 Å². The van der Waals surface area contributed by atoms with Gasteiger partial charge in [-0.15, -0.1) is 0 Å². The molecule has 17 heavy (non-hydrogen) atoms. The summed E-state index contributed by atoms with van der Waals surface area (Å²) < 4.78 is 5.66. The van der Waals surface area contributed by atoms with Crippen LogP contribution in [0.3, 0.4) is 0 Å². The van der Waals surface area contributed by atoms with Crippen LogP contribution >= 0.6 is 11.8 Å². The fourth-order valence-corrected chi connectivity index (χ4v) is 2.13.